The Hall–Kier alpha value is 0.676. The van der Waals surface area contributed by atoms with Crippen molar-refractivity contribution in [1.82, 2.24) is 0 Å². The fraction of sp³-hybridized carbons (Fsp3) is 0.913. The van der Waals surface area contributed by atoms with E-state index < -0.39 is 26.5 Å². The number of allylic oxidation sites excluding steroid dienone is 1. The molecule has 1 unspecified atom stereocenters. The molecule has 2 nitrogen and oxygen atoms in total. The Labute approximate surface area is 176 Å². The van der Waals surface area contributed by atoms with E-state index in [0.717, 1.165) is 6.61 Å². The molecule has 0 saturated carbocycles. The summed E-state index contributed by atoms with van der Waals surface area (Å²) in [5.41, 5.74) is 0. The predicted molar refractivity (Wildman–Crippen MR) is 128 cm³/mol. The van der Waals surface area contributed by atoms with E-state index in [1.165, 1.54) is 49.0 Å². The topological polar surface area (TPSA) is 18.5 Å². The molecule has 0 aliphatic heterocycles. The van der Waals surface area contributed by atoms with Crippen LogP contribution in [0.3, 0.4) is 0 Å². The van der Waals surface area contributed by atoms with Gasteiger partial charge in [-0.15, -0.1) is 0 Å². The summed E-state index contributed by atoms with van der Waals surface area (Å²) in [5.74, 6) is 0. The van der Waals surface area contributed by atoms with Crippen molar-refractivity contribution < 1.29 is 9.47 Å². The van der Waals surface area contributed by atoms with E-state index in [4.69, 9.17) is 9.47 Å². The first kappa shape index (κ1) is 27.7. The van der Waals surface area contributed by atoms with Crippen molar-refractivity contribution in [3.8, 4) is 0 Å². The molecule has 0 heterocycles. The van der Waals surface area contributed by atoms with E-state index >= 15 is 0 Å². The number of unbranched alkanes of at least 4 members (excludes halogenated alkanes) is 3. The van der Waals surface area contributed by atoms with Crippen LogP contribution in [0.25, 0.3) is 0 Å². The maximum atomic E-state index is 5.84. The Morgan fingerprint density at radius 2 is 1.41 bits per heavy atom. The van der Waals surface area contributed by atoms with Crippen LogP contribution in [0.2, 0.25) is 43.4 Å². The van der Waals surface area contributed by atoms with E-state index in [1.807, 2.05) is 0 Å². The van der Waals surface area contributed by atoms with Crippen molar-refractivity contribution in [3.63, 3.8) is 0 Å². The Balaban J connectivity index is 4.45. The summed E-state index contributed by atoms with van der Waals surface area (Å²) in [6.07, 6.45) is 13.4. The van der Waals surface area contributed by atoms with Gasteiger partial charge in [-0.3, -0.25) is 0 Å². The third-order valence-electron chi connectivity index (χ3n) is 5.55. The van der Waals surface area contributed by atoms with Gasteiger partial charge in [-0.2, -0.15) is 0 Å². The summed E-state index contributed by atoms with van der Waals surface area (Å²) in [4.78, 5) is 0. The van der Waals surface area contributed by atoms with Crippen LogP contribution in [-0.4, -0.2) is 46.0 Å². The molecule has 0 bridgehead atoms. The summed E-state index contributed by atoms with van der Waals surface area (Å²) in [6.45, 7) is 17.6. The molecule has 0 fully saturated rings. The van der Waals surface area contributed by atoms with Crippen molar-refractivity contribution >= 4 is 26.5 Å². The van der Waals surface area contributed by atoms with Gasteiger partial charge in [0.1, 0.15) is 0 Å². The average molecular weight is 505 g/mol. The zero-order valence-electron chi connectivity index (χ0n) is 19.7. The molecule has 0 spiro atoms. The molecule has 27 heavy (non-hydrogen) atoms. The van der Waals surface area contributed by atoms with Gasteiger partial charge in [-0.25, -0.2) is 0 Å². The van der Waals surface area contributed by atoms with Gasteiger partial charge in [0.15, 0.2) is 0 Å². The fourth-order valence-corrected chi connectivity index (χ4v) is 19.4. The van der Waals surface area contributed by atoms with E-state index in [2.05, 4.69) is 59.5 Å². The zero-order chi connectivity index (χ0) is 20.6. The molecular formula is C23H50O2SiSn. The van der Waals surface area contributed by atoms with Crippen molar-refractivity contribution in [2.75, 3.05) is 13.4 Å². The Kier molecular flexibility index (Phi) is 16.9. The van der Waals surface area contributed by atoms with Crippen molar-refractivity contribution in [1.29, 1.82) is 0 Å². The normalized spacial score (nSPS) is 14.2. The van der Waals surface area contributed by atoms with Crippen LogP contribution in [0.4, 0.5) is 0 Å². The summed E-state index contributed by atoms with van der Waals surface area (Å²) in [5, 5.41) is 0. The minimum atomic E-state index is -2.01. The summed E-state index contributed by atoms with van der Waals surface area (Å²) < 4.78 is 17.7. The van der Waals surface area contributed by atoms with Gasteiger partial charge < -0.3 is 0 Å². The molecule has 0 aliphatic rings. The quantitative estimate of drug-likeness (QED) is 0.0811. The zero-order valence-corrected chi connectivity index (χ0v) is 23.6. The van der Waals surface area contributed by atoms with E-state index in [1.54, 1.807) is 13.3 Å². The van der Waals surface area contributed by atoms with E-state index in [0.29, 0.717) is 6.79 Å². The molecule has 0 N–H and O–H groups in total. The summed E-state index contributed by atoms with van der Waals surface area (Å²) in [7, 11) is -0.998. The van der Waals surface area contributed by atoms with Crippen molar-refractivity contribution in [3.05, 3.63) is 12.2 Å². The third kappa shape index (κ3) is 16.2. The molecule has 4 heteroatoms. The van der Waals surface area contributed by atoms with Crippen molar-refractivity contribution in [2.24, 2.45) is 0 Å². The number of rotatable bonds is 18. The number of hydrogen-bond donors (Lipinski definition) is 0. The first-order valence-corrected chi connectivity index (χ1v) is 23.4. The number of hydrogen-bond acceptors (Lipinski definition) is 2. The molecule has 0 aromatic rings. The van der Waals surface area contributed by atoms with Crippen LogP contribution in [-0.2, 0) is 9.47 Å². The van der Waals surface area contributed by atoms with Crippen LogP contribution in [0.1, 0.15) is 66.2 Å². The molecule has 1 atom stereocenters. The number of ether oxygens (including phenoxy) is 2. The molecular weight excluding hydrogens is 455 g/mol. The van der Waals surface area contributed by atoms with Crippen LogP contribution in [0.15, 0.2) is 12.2 Å². The standard InChI is InChI=1S/C11H23O2Si.3C4H9.Sn/c1-6-7-11(2)13-10-12-8-9-14(3,4)5;3*1-3-4-2;/h6-7,11H,1,8-10H2,2-5H3;3*1,3-4H2,2H3;/b7-6+;;;;. The van der Waals surface area contributed by atoms with Crippen LogP contribution >= 0.6 is 0 Å². The predicted octanol–water partition coefficient (Wildman–Crippen LogP) is 8.11. The first-order chi connectivity index (χ1) is 12.8. The average Bonchev–Trinajstić information content (AvgIpc) is 2.61. The Morgan fingerprint density at radius 1 is 0.889 bits per heavy atom. The Bertz CT molecular complexity index is 344. The molecule has 0 radical (unpaired) electrons. The van der Waals surface area contributed by atoms with Gasteiger partial charge >= 0.3 is 177 Å². The van der Waals surface area contributed by atoms with Gasteiger partial charge in [0.05, 0.1) is 0 Å². The van der Waals surface area contributed by atoms with Gasteiger partial charge in [0.2, 0.25) is 0 Å². The fourth-order valence-electron chi connectivity index (χ4n) is 3.49. The van der Waals surface area contributed by atoms with Crippen LogP contribution < -0.4 is 0 Å². The van der Waals surface area contributed by atoms with Crippen LogP contribution in [0, 0.1) is 0 Å². The molecule has 0 aromatic heterocycles. The van der Waals surface area contributed by atoms with Crippen LogP contribution in [0.5, 0.6) is 0 Å². The van der Waals surface area contributed by atoms with Gasteiger partial charge in [0, 0.05) is 0 Å². The monoisotopic (exact) mass is 506 g/mol. The molecule has 0 aromatic carbocycles. The van der Waals surface area contributed by atoms with Gasteiger partial charge in [0.25, 0.3) is 0 Å². The van der Waals surface area contributed by atoms with Crippen molar-refractivity contribution in [2.45, 2.75) is 116 Å². The second kappa shape index (κ2) is 16.5. The summed E-state index contributed by atoms with van der Waals surface area (Å²) in [6, 6.07) is 1.21. The molecule has 0 rings (SSSR count). The minimum absolute atomic E-state index is 0.171. The van der Waals surface area contributed by atoms with Gasteiger partial charge in [-0.1, -0.05) is 0 Å². The van der Waals surface area contributed by atoms with E-state index in [9.17, 15) is 0 Å². The molecule has 0 amide bonds. The first-order valence-electron chi connectivity index (χ1n) is 11.6. The molecule has 162 valence electrons. The Morgan fingerprint density at radius 3 is 1.85 bits per heavy atom. The second-order valence-electron chi connectivity index (χ2n) is 9.65. The van der Waals surface area contributed by atoms with Gasteiger partial charge in [-0.05, 0) is 0 Å². The third-order valence-corrected chi connectivity index (χ3v) is 22.5. The molecule has 0 saturated heterocycles. The summed E-state index contributed by atoms with van der Waals surface area (Å²) >= 11 is -2.01. The van der Waals surface area contributed by atoms with E-state index in [-0.39, 0.29) is 6.10 Å². The molecule has 0 aliphatic carbocycles. The maximum absolute atomic E-state index is 5.84. The second-order valence-corrected chi connectivity index (χ2v) is 29.3. The SMILES string of the molecule is CCC[CH2][Sn]([CH2]/C=C/C(C)OCOCC[Si](C)(C)C)([CH2]CCC)[CH2]CCC.